The van der Waals surface area contributed by atoms with Crippen LogP contribution in [0.2, 0.25) is 0 Å². The Hall–Kier alpha value is -1.05. The van der Waals surface area contributed by atoms with Crippen LogP contribution in [0.1, 0.15) is 0 Å². The van der Waals surface area contributed by atoms with Crippen molar-refractivity contribution in [2.24, 2.45) is 10.7 Å². The van der Waals surface area contributed by atoms with Crippen molar-refractivity contribution in [3.8, 4) is 0 Å². The molecule has 1 amide bonds. The zero-order valence-corrected chi connectivity index (χ0v) is 10.00. The summed E-state index contributed by atoms with van der Waals surface area (Å²) in [6, 6.07) is -0.317. The zero-order valence-electron chi connectivity index (χ0n) is 9.18. The lowest BCUT2D eigenvalue weighted by Gasteiger charge is -2.22. The van der Waals surface area contributed by atoms with Gasteiger partial charge < -0.3 is 20.7 Å². The van der Waals surface area contributed by atoms with Gasteiger partial charge in [0, 0.05) is 6.54 Å². The predicted molar refractivity (Wildman–Crippen MR) is 65.5 cm³/mol. The Balaban J connectivity index is 2.66. The van der Waals surface area contributed by atoms with E-state index in [2.05, 4.69) is 22.5 Å². The lowest BCUT2D eigenvalue weighted by Crippen LogP contribution is -2.48. The molecule has 7 heteroatoms. The Morgan fingerprint density at radius 2 is 2.62 bits per heavy atom. The van der Waals surface area contributed by atoms with Crippen molar-refractivity contribution in [3.05, 3.63) is 0 Å². The fraction of sp³-hybridized carbons (Fsp3) is 0.667. The Labute approximate surface area is 99.8 Å². The number of ether oxygens (including phenoxy) is 1. The Morgan fingerprint density at radius 3 is 3.25 bits per heavy atom. The number of carbonyl (C=O) groups excluding carboxylic acids is 1. The minimum atomic E-state index is -0.317. The third-order valence-corrected chi connectivity index (χ3v) is 2.43. The minimum Gasteiger partial charge on any atom is -0.386 e. The maximum Gasteiger partial charge on any atom is 0.242 e. The molecule has 1 atom stereocenters. The molecule has 0 saturated carbocycles. The number of hydrogen-bond acceptors (Lipinski definition) is 4. The van der Waals surface area contributed by atoms with Gasteiger partial charge >= 0.3 is 0 Å². The van der Waals surface area contributed by atoms with Gasteiger partial charge in [-0.25, -0.2) is 4.99 Å². The lowest BCUT2D eigenvalue weighted by molar-refractivity contribution is -0.131. The van der Waals surface area contributed by atoms with Crippen molar-refractivity contribution >= 4 is 29.5 Å². The van der Waals surface area contributed by atoms with Gasteiger partial charge in [-0.2, -0.15) is 0 Å². The summed E-state index contributed by atoms with van der Waals surface area (Å²) in [7, 11) is 1.73. The number of nitrogens with one attached hydrogen (secondary N) is 1. The number of carbonyl (C=O) groups is 1. The van der Waals surface area contributed by atoms with Gasteiger partial charge in [-0.3, -0.25) is 4.79 Å². The summed E-state index contributed by atoms with van der Waals surface area (Å²) in [5.41, 5.74) is 6.81. The molecule has 0 spiro atoms. The predicted octanol–water partition coefficient (Wildman–Crippen LogP) is -1.25. The van der Waals surface area contributed by atoms with Crippen LogP contribution in [0.25, 0.3) is 0 Å². The lowest BCUT2D eigenvalue weighted by atomic mass is 10.2. The van der Waals surface area contributed by atoms with Crippen molar-refractivity contribution in [2.45, 2.75) is 6.04 Å². The number of nitrogens with two attached hydrogens (primary N) is 1. The molecular weight excluding hydrogens is 228 g/mol. The van der Waals surface area contributed by atoms with Gasteiger partial charge in [0.1, 0.15) is 11.9 Å². The highest BCUT2D eigenvalue weighted by Gasteiger charge is 2.26. The molecule has 0 radical (unpaired) electrons. The van der Waals surface area contributed by atoms with E-state index in [-0.39, 0.29) is 18.5 Å². The maximum absolute atomic E-state index is 12.0. The first-order valence-corrected chi connectivity index (χ1v) is 5.45. The number of amidine groups is 1. The molecule has 1 fully saturated rings. The SMILES string of the molecule is CNC1COCCN(CC(N)=NC=S)C1=O. The maximum atomic E-state index is 12.0. The highest BCUT2D eigenvalue weighted by molar-refractivity contribution is 7.78. The molecule has 0 aromatic rings. The smallest absolute Gasteiger partial charge is 0.242 e. The Bertz CT molecular complexity index is 295. The molecule has 0 bridgehead atoms. The molecule has 16 heavy (non-hydrogen) atoms. The highest BCUT2D eigenvalue weighted by Crippen LogP contribution is 2.01. The molecule has 1 heterocycles. The first-order chi connectivity index (χ1) is 7.69. The molecule has 6 nitrogen and oxygen atoms in total. The van der Waals surface area contributed by atoms with Crippen LogP contribution in [0.4, 0.5) is 0 Å². The largest absolute Gasteiger partial charge is 0.386 e. The summed E-state index contributed by atoms with van der Waals surface area (Å²) in [6.45, 7) is 1.70. The third kappa shape index (κ3) is 3.51. The fourth-order valence-corrected chi connectivity index (χ4v) is 1.58. The molecule has 0 aromatic heterocycles. The molecule has 0 aliphatic carbocycles. The van der Waals surface area contributed by atoms with Crippen LogP contribution in [-0.2, 0) is 9.53 Å². The van der Waals surface area contributed by atoms with Crippen molar-refractivity contribution in [1.29, 1.82) is 0 Å². The summed E-state index contributed by atoms with van der Waals surface area (Å²) >= 11 is 4.57. The molecular formula is C9H16N4O2S. The monoisotopic (exact) mass is 244 g/mol. The Kier molecular flexibility index (Phi) is 5.30. The highest BCUT2D eigenvalue weighted by atomic mass is 32.1. The van der Waals surface area contributed by atoms with Crippen molar-refractivity contribution in [3.63, 3.8) is 0 Å². The van der Waals surface area contributed by atoms with Crippen LogP contribution in [0.15, 0.2) is 4.99 Å². The normalized spacial score (nSPS) is 23.1. The first-order valence-electron chi connectivity index (χ1n) is 4.98. The average Bonchev–Trinajstić information content (AvgIpc) is 2.42. The fourth-order valence-electron chi connectivity index (χ4n) is 1.45. The molecule has 90 valence electrons. The van der Waals surface area contributed by atoms with E-state index in [1.807, 2.05) is 0 Å². The van der Waals surface area contributed by atoms with Gasteiger partial charge in [0.15, 0.2) is 0 Å². The van der Waals surface area contributed by atoms with Crippen LogP contribution in [0.5, 0.6) is 0 Å². The van der Waals surface area contributed by atoms with Gasteiger partial charge in [0.25, 0.3) is 0 Å². The number of rotatable bonds is 4. The second kappa shape index (κ2) is 6.51. The van der Waals surface area contributed by atoms with Crippen molar-refractivity contribution in [1.82, 2.24) is 10.2 Å². The number of likely N-dealkylation sites (N-methyl/N-ethyl adjacent to an activating group) is 1. The van der Waals surface area contributed by atoms with E-state index in [4.69, 9.17) is 10.5 Å². The molecule has 1 rings (SSSR count). The van der Waals surface area contributed by atoms with E-state index in [1.165, 1.54) is 5.49 Å². The second-order valence-electron chi connectivity index (χ2n) is 3.40. The van der Waals surface area contributed by atoms with Gasteiger partial charge in [-0.15, -0.1) is 0 Å². The molecule has 0 aromatic carbocycles. The van der Waals surface area contributed by atoms with E-state index in [0.29, 0.717) is 25.6 Å². The number of thiocarbonyl (C=S) groups is 1. The van der Waals surface area contributed by atoms with E-state index in [0.717, 1.165) is 0 Å². The quantitative estimate of drug-likeness (QED) is 0.367. The van der Waals surface area contributed by atoms with E-state index in [1.54, 1.807) is 11.9 Å². The molecule has 1 aliphatic heterocycles. The topological polar surface area (TPSA) is 79.9 Å². The molecule has 1 unspecified atom stereocenters. The van der Waals surface area contributed by atoms with Crippen LogP contribution >= 0.6 is 12.2 Å². The first kappa shape index (κ1) is 13.0. The van der Waals surface area contributed by atoms with Gasteiger partial charge in [0.05, 0.1) is 25.2 Å². The summed E-state index contributed by atoms with van der Waals surface area (Å²) in [6.07, 6.45) is 0. The second-order valence-corrected chi connectivity index (χ2v) is 3.61. The zero-order chi connectivity index (χ0) is 12.0. The van der Waals surface area contributed by atoms with Crippen LogP contribution in [-0.4, -0.2) is 61.5 Å². The number of nitrogens with zero attached hydrogens (tertiary/aromatic N) is 2. The van der Waals surface area contributed by atoms with Crippen LogP contribution < -0.4 is 11.1 Å². The number of hydrogen-bond donors (Lipinski definition) is 2. The summed E-state index contributed by atoms with van der Waals surface area (Å²) in [4.78, 5) is 17.3. The Morgan fingerprint density at radius 1 is 1.88 bits per heavy atom. The van der Waals surface area contributed by atoms with Gasteiger partial charge in [-0.05, 0) is 7.05 Å². The molecule has 1 saturated heterocycles. The number of aliphatic imine (C=N–C) groups is 1. The van der Waals surface area contributed by atoms with E-state index < -0.39 is 0 Å². The molecule has 1 aliphatic rings. The standard InChI is InChI=1S/C9H16N4O2S/c1-11-7-5-15-3-2-13(9(7)14)4-8(10)12-6-16/h6-7,11H,2-5H2,1H3,(H2,10,12,16). The summed E-state index contributed by atoms with van der Waals surface area (Å²) in [5, 5.41) is 2.90. The van der Waals surface area contributed by atoms with Crippen molar-refractivity contribution < 1.29 is 9.53 Å². The minimum absolute atomic E-state index is 0.0254. The van der Waals surface area contributed by atoms with Crippen LogP contribution in [0, 0.1) is 0 Å². The summed E-state index contributed by atoms with van der Waals surface area (Å²) in [5.74, 6) is 0.308. The van der Waals surface area contributed by atoms with E-state index in [9.17, 15) is 4.79 Å². The molecule has 3 N–H and O–H groups in total. The van der Waals surface area contributed by atoms with Crippen LogP contribution in [0.3, 0.4) is 0 Å². The van der Waals surface area contributed by atoms with Gasteiger partial charge in [-0.1, -0.05) is 12.2 Å². The van der Waals surface area contributed by atoms with Gasteiger partial charge in [0.2, 0.25) is 5.91 Å². The van der Waals surface area contributed by atoms with Crippen molar-refractivity contribution in [2.75, 3.05) is 33.4 Å². The number of amides is 1. The average molecular weight is 244 g/mol. The van der Waals surface area contributed by atoms with E-state index >= 15 is 0 Å². The third-order valence-electron chi connectivity index (χ3n) is 2.32. The summed E-state index contributed by atoms with van der Waals surface area (Å²) < 4.78 is 5.31.